The normalized spacial score (nSPS) is 15.9. The molecule has 1 aliphatic rings. The van der Waals surface area contributed by atoms with E-state index in [2.05, 4.69) is 4.84 Å². The quantitative estimate of drug-likeness (QED) is 0.643. The molecule has 27 heavy (non-hydrogen) atoms. The van der Waals surface area contributed by atoms with Gasteiger partial charge in [0.15, 0.2) is 0 Å². The number of alkyl halides is 3. The third-order valence-corrected chi connectivity index (χ3v) is 4.89. The Labute approximate surface area is 153 Å². The van der Waals surface area contributed by atoms with Crippen LogP contribution >= 0.6 is 0 Å². The first-order valence-electron chi connectivity index (χ1n) is 8.48. The van der Waals surface area contributed by atoms with Crippen molar-refractivity contribution >= 4 is 28.3 Å². The van der Waals surface area contributed by atoms with Gasteiger partial charge in [-0.2, -0.15) is 18.2 Å². The lowest BCUT2D eigenvalue weighted by atomic mass is 9.70. The lowest BCUT2D eigenvalue weighted by molar-refractivity contribution is -0.232. The monoisotopic (exact) mass is 380 g/mol. The Kier molecular flexibility index (Phi) is 4.75. The number of rotatable bonds is 3. The minimum absolute atomic E-state index is 0.00778. The number of halogens is 3. The van der Waals surface area contributed by atoms with E-state index in [9.17, 15) is 22.8 Å². The molecule has 0 saturated heterocycles. The van der Waals surface area contributed by atoms with E-state index in [0.29, 0.717) is 10.4 Å². The maximum atomic E-state index is 12.9. The van der Waals surface area contributed by atoms with E-state index >= 15 is 0 Å². The lowest BCUT2D eigenvalue weighted by Gasteiger charge is -2.41. The second-order valence-corrected chi connectivity index (χ2v) is 7.17. The lowest BCUT2D eigenvalue weighted by Crippen LogP contribution is -2.46. The van der Waals surface area contributed by atoms with Crippen LogP contribution < -0.4 is 5.73 Å². The number of anilines is 1. The van der Waals surface area contributed by atoms with Crippen molar-refractivity contribution in [2.24, 2.45) is 5.41 Å². The number of benzene rings is 2. The molecule has 2 aromatic carbocycles. The summed E-state index contributed by atoms with van der Waals surface area (Å²) in [5.74, 6) is -3.30. The molecule has 2 aromatic rings. The van der Waals surface area contributed by atoms with Crippen LogP contribution in [0.2, 0.25) is 0 Å². The predicted octanol–water partition coefficient (Wildman–Crippen LogP) is 4.07. The van der Waals surface area contributed by atoms with Gasteiger partial charge in [-0.3, -0.25) is 4.79 Å². The van der Waals surface area contributed by atoms with E-state index in [1.54, 1.807) is 30.3 Å². The summed E-state index contributed by atoms with van der Waals surface area (Å²) in [7, 11) is 0. The smallest absolute Gasteiger partial charge is 0.398 e. The van der Waals surface area contributed by atoms with Gasteiger partial charge in [0.2, 0.25) is 0 Å². The van der Waals surface area contributed by atoms with Crippen LogP contribution in [0.3, 0.4) is 0 Å². The highest BCUT2D eigenvalue weighted by atomic mass is 19.4. The van der Waals surface area contributed by atoms with E-state index in [0.717, 1.165) is 24.6 Å². The Bertz CT molecular complexity index is 891. The molecule has 0 radical (unpaired) electrons. The summed E-state index contributed by atoms with van der Waals surface area (Å²) in [5.41, 5.74) is 5.64. The van der Waals surface area contributed by atoms with Gasteiger partial charge in [-0.25, -0.2) is 4.79 Å². The molecule has 5 nitrogen and oxygen atoms in total. The Hall–Kier alpha value is -2.77. The summed E-state index contributed by atoms with van der Waals surface area (Å²) in [5, 5.41) is 1.98. The number of nitrogens with two attached hydrogens (primary N) is 1. The van der Waals surface area contributed by atoms with Gasteiger partial charge in [-0.1, -0.05) is 37.6 Å². The maximum Gasteiger partial charge on any atom is 0.493 e. The van der Waals surface area contributed by atoms with E-state index in [-0.39, 0.29) is 17.8 Å². The van der Waals surface area contributed by atoms with Crippen molar-refractivity contribution in [3.8, 4) is 0 Å². The highest BCUT2D eigenvalue weighted by molar-refractivity contribution is 6.04. The number of carbonyl (C=O) groups is 2. The van der Waals surface area contributed by atoms with Crippen molar-refractivity contribution < 1.29 is 27.6 Å². The minimum Gasteiger partial charge on any atom is -0.398 e. The zero-order valence-corrected chi connectivity index (χ0v) is 14.7. The van der Waals surface area contributed by atoms with Crippen LogP contribution in [0.25, 0.3) is 10.8 Å². The average molecular weight is 380 g/mol. The molecular formula is C19H19F3N2O3. The standard InChI is InChI=1S/C19H19F3N2O3/c1-18(7-4-8-18)11-24(27-17(26)19(20,21)22)16(25)14-9-12-5-2-3-6-13(12)10-15(14)23/h2-3,5-6,9-10H,4,7-8,11,23H2,1H3. The zero-order chi connectivity index (χ0) is 19.8. The van der Waals surface area contributed by atoms with E-state index in [4.69, 9.17) is 5.73 Å². The predicted molar refractivity (Wildman–Crippen MR) is 93.5 cm³/mol. The molecule has 0 spiro atoms. The van der Waals surface area contributed by atoms with Gasteiger partial charge in [-0.15, -0.1) is 0 Å². The molecule has 1 aliphatic carbocycles. The van der Waals surface area contributed by atoms with Crippen LogP contribution in [0.15, 0.2) is 36.4 Å². The van der Waals surface area contributed by atoms with E-state index < -0.39 is 23.5 Å². The molecular weight excluding hydrogens is 361 g/mol. The number of fused-ring (bicyclic) bond motifs is 1. The van der Waals surface area contributed by atoms with E-state index in [1.165, 1.54) is 6.07 Å². The number of nitrogens with zero attached hydrogens (tertiary/aromatic N) is 1. The van der Waals surface area contributed by atoms with Crippen LogP contribution in [0.4, 0.5) is 18.9 Å². The number of hydroxylamine groups is 2. The number of amides is 1. The molecule has 144 valence electrons. The van der Waals surface area contributed by atoms with Gasteiger partial charge in [-0.05, 0) is 41.2 Å². The molecule has 2 N–H and O–H groups in total. The SMILES string of the molecule is CC1(CN(OC(=O)C(F)(F)F)C(=O)c2cc3ccccc3cc2N)CCC1. The summed E-state index contributed by atoms with van der Waals surface area (Å²) in [4.78, 5) is 28.7. The number of carbonyl (C=O) groups excluding carboxylic acids is 2. The van der Waals surface area contributed by atoms with Crippen molar-refractivity contribution in [3.63, 3.8) is 0 Å². The molecule has 0 heterocycles. The van der Waals surface area contributed by atoms with Gasteiger partial charge < -0.3 is 10.6 Å². The summed E-state index contributed by atoms with van der Waals surface area (Å²) < 4.78 is 38.0. The van der Waals surface area contributed by atoms with Gasteiger partial charge in [0.1, 0.15) is 0 Å². The van der Waals surface area contributed by atoms with Crippen molar-refractivity contribution in [2.75, 3.05) is 12.3 Å². The highest BCUT2D eigenvalue weighted by Gasteiger charge is 2.45. The summed E-state index contributed by atoms with van der Waals surface area (Å²) in [6.07, 6.45) is -2.83. The Morgan fingerprint density at radius 2 is 1.78 bits per heavy atom. The first kappa shape index (κ1) is 19.0. The van der Waals surface area contributed by atoms with Crippen molar-refractivity contribution in [1.82, 2.24) is 5.06 Å². The van der Waals surface area contributed by atoms with Crippen molar-refractivity contribution in [1.29, 1.82) is 0 Å². The largest absolute Gasteiger partial charge is 0.493 e. The summed E-state index contributed by atoms with van der Waals surface area (Å²) in [6.45, 7) is 1.71. The second-order valence-electron chi connectivity index (χ2n) is 7.17. The Balaban J connectivity index is 1.94. The Morgan fingerprint density at radius 3 is 2.30 bits per heavy atom. The number of nitrogen functional groups attached to an aromatic ring is 1. The fourth-order valence-corrected chi connectivity index (χ4v) is 3.16. The Morgan fingerprint density at radius 1 is 1.19 bits per heavy atom. The summed E-state index contributed by atoms with van der Waals surface area (Å²) >= 11 is 0. The first-order chi connectivity index (χ1) is 12.6. The van der Waals surface area contributed by atoms with Gasteiger partial charge >= 0.3 is 12.1 Å². The molecule has 1 fully saturated rings. The molecule has 0 atom stereocenters. The molecule has 0 aliphatic heterocycles. The molecule has 1 saturated carbocycles. The molecule has 0 unspecified atom stereocenters. The van der Waals surface area contributed by atoms with E-state index in [1.807, 2.05) is 6.92 Å². The number of hydrogen-bond acceptors (Lipinski definition) is 4. The third kappa shape index (κ3) is 3.99. The molecule has 3 rings (SSSR count). The minimum atomic E-state index is -5.20. The van der Waals surface area contributed by atoms with Crippen LogP contribution in [0.5, 0.6) is 0 Å². The van der Waals surface area contributed by atoms with Crippen LogP contribution in [0.1, 0.15) is 36.5 Å². The van der Waals surface area contributed by atoms with Crippen LogP contribution in [0, 0.1) is 5.41 Å². The molecule has 8 heteroatoms. The fraction of sp³-hybridized carbons (Fsp3) is 0.368. The first-order valence-corrected chi connectivity index (χ1v) is 8.48. The second kappa shape index (κ2) is 6.75. The highest BCUT2D eigenvalue weighted by Crippen LogP contribution is 2.41. The number of hydrogen-bond donors (Lipinski definition) is 1. The molecule has 0 bridgehead atoms. The fourth-order valence-electron chi connectivity index (χ4n) is 3.16. The van der Waals surface area contributed by atoms with Gasteiger partial charge in [0, 0.05) is 5.69 Å². The molecule has 1 amide bonds. The topological polar surface area (TPSA) is 72.6 Å². The third-order valence-electron chi connectivity index (χ3n) is 4.89. The molecule has 0 aromatic heterocycles. The van der Waals surface area contributed by atoms with Crippen molar-refractivity contribution in [2.45, 2.75) is 32.4 Å². The zero-order valence-electron chi connectivity index (χ0n) is 14.7. The van der Waals surface area contributed by atoms with Crippen LogP contribution in [-0.2, 0) is 9.63 Å². The maximum absolute atomic E-state index is 12.9. The van der Waals surface area contributed by atoms with Crippen LogP contribution in [-0.4, -0.2) is 29.7 Å². The summed E-state index contributed by atoms with van der Waals surface area (Å²) in [6, 6.07) is 10.2. The van der Waals surface area contributed by atoms with Gasteiger partial charge in [0.05, 0.1) is 12.1 Å². The van der Waals surface area contributed by atoms with Gasteiger partial charge in [0.25, 0.3) is 5.91 Å². The van der Waals surface area contributed by atoms with Crippen molar-refractivity contribution in [3.05, 3.63) is 42.0 Å². The average Bonchev–Trinajstić information content (AvgIpc) is 2.57.